The molecule has 0 fully saturated rings. The summed E-state index contributed by atoms with van der Waals surface area (Å²) in [6.07, 6.45) is 0.683. The number of carboxylic acids is 1. The van der Waals surface area contributed by atoms with E-state index in [9.17, 15) is 4.79 Å². The second-order valence-corrected chi connectivity index (χ2v) is 2.54. The fourth-order valence-corrected chi connectivity index (χ4v) is 0.151. The van der Waals surface area contributed by atoms with Crippen molar-refractivity contribution in [2.75, 3.05) is 0 Å². The average Bonchev–Trinajstić information content (AvgIpc) is 1.92. The molecule has 0 aliphatic rings. The molecule has 0 aromatic rings. The maximum atomic E-state index is 10.3. The Hall–Kier alpha value is -0.510. The molecule has 0 radical (unpaired) electrons. The maximum absolute atomic E-state index is 10.3. The first-order valence-corrected chi connectivity index (χ1v) is 3.24. The van der Waals surface area contributed by atoms with Crippen molar-refractivity contribution in [3.63, 3.8) is 0 Å². The summed E-state index contributed by atoms with van der Waals surface area (Å²) in [5.41, 5.74) is -0.542. The Morgan fingerprint density at radius 3 is 1.80 bits per heavy atom. The van der Waals surface area contributed by atoms with Crippen LogP contribution in [0.5, 0.6) is 0 Å². The second-order valence-electron chi connectivity index (χ2n) is 2.54. The van der Waals surface area contributed by atoms with E-state index < -0.39 is 11.4 Å². The summed E-state index contributed by atoms with van der Waals surface area (Å²) < 4.78 is 7.83. The van der Waals surface area contributed by atoms with E-state index in [-0.39, 0.29) is 0 Å². The van der Waals surface area contributed by atoms with Gasteiger partial charge in [0.25, 0.3) is 0 Å². The van der Waals surface area contributed by atoms with Crippen LogP contribution in [-0.4, -0.2) is 15.3 Å². The molecule has 0 saturated heterocycles. The summed E-state index contributed by atoms with van der Waals surface area (Å²) in [5, 5.41) is 8.44. The molecule has 0 amide bonds. The van der Waals surface area contributed by atoms with Gasteiger partial charge in [0.05, 0.1) is 5.41 Å². The van der Waals surface area contributed by atoms with Crippen LogP contribution in [-0.2, 0) is 17.3 Å². The van der Waals surface area contributed by atoms with Crippen molar-refractivity contribution in [2.45, 2.75) is 27.2 Å². The molecule has 0 aromatic carbocycles. The third kappa shape index (κ3) is 4.38. The first-order valence-electron chi connectivity index (χ1n) is 2.91. The van der Waals surface area contributed by atoms with Crippen LogP contribution >= 0.6 is 0 Å². The van der Waals surface area contributed by atoms with Gasteiger partial charge in [-0.2, -0.15) is 4.21 Å². The molecule has 4 heteroatoms. The van der Waals surface area contributed by atoms with Gasteiger partial charge in [-0.05, 0) is 20.3 Å². The Morgan fingerprint density at radius 2 is 1.80 bits per heavy atom. The molecule has 0 unspecified atom stereocenters. The highest BCUT2D eigenvalue weighted by molar-refractivity contribution is 7.44. The Labute approximate surface area is 66.0 Å². The third-order valence-corrected chi connectivity index (χ3v) is 1.46. The Bertz CT molecular complexity index is 112. The second kappa shape index (κ2) is 5.29. The van der Waals surface area contributed by atoms with E-state index >= 15 is 0 Å². The zero-order valence-corrected chi connectivity index (χ0v) is 7.20. The van der Waals surface area contributed by atoms with Crippen LogP contribution in [0.2, 0.25) is 0 Å². The van der Waals surface area contributed by atoms with Crippen LogP contribution in [0.4, 0.5) is 0 Å². The standard InChI is InChI=1S/C6H12O2.OS/c1-4-6(2,3)5(7)8;1-2/h4H2,1-3H3,(H,7,8);. The molecule has 0 aliphatic heterocycles. The minimum absolute atomic E-state index is 0.542. The molecular weight excluding hydrogens is 152 g/mol. The minimum atomic E-state index is -0.722. The molecule has 0 atom stereocenters. The van der Waals surface area contributed by atoms with E-state index in [4.69, 9.17) is 9.32 Å². The van der Waals surface area contributed by atoms with Crippen molar-refractivity contribution >= 4 is 18.5 Å². The minimum Gasteiger partial charge on any atom is -0.481 e. The monoisotopic (exact) mass is 164 g/mol. The highest BCUT2D eigenvalue weighted by Gasteiger charge is 2.23. The zero-order valence-electron chi connectivity index (χ0n) is 6.38. The first-order chi connectivity index (χ1) is 4.50. The van der Waals surface area contributed by atoms with Crippen LogP contribution in [0, 0.1) is 5.41 Å². The maximum Gasteiger partial charge on any atom is 0.309 e. The third-order valence-electron chi connectivity index (χ3n) is 1.46. The van der Waals surface area contributed by atoms with E-state index in [2.05, 4.69) is 12.5 Å². The van der Waals surface area contributed by atoms with Gasteiger partial charge in [0.2, 0.25) is 0 Å². The van der Waals surface area contributed by atoms with Crippen LogP contribution in [0.25, 0.3) is 0 Å². The van der Waals surface area contributed by atoms with E-state index in [0.717, 1.165) is 0 Å². The molecule has 3 nitrogen and oxygen atoms in total. The summed E-state index contributed by atoms with van der Waals surface area (Å²) in [4.78, 5) is 10.3. The van der Waals surface area contributed by atoms with E-state index in [1.807, 2.05) is 6.92 Å². The number of hydrogen-bond donors (Lipinski definition) is 1. The number of carbonyl (C=O) groups is 1. The van der Waals surface area contributed by atoms with Crippen molar-refractivity contribution in [1.82, 2.24) is 0 Å². The SMILES string of the molecule is CCC(C)(C)C(=O)O.O=S. The Morgan fingerprint density at radius 1 is 1.50 bits per heavy atom. The molecule has 0 aliphatic carbocycles. The van der Waals surface area contributed by atoms with Crippen molar-refractivity contribution in [3.05, 3.63) is 0 Å². The van der Waals surface area contributed by atoms with Gasteiger partial charge in [-0.1, -0.05) is 6.92 Å². The van der Waals surface area contributed by atoms with Crippen molar-refractivity contribution in [1.29, 1.82) is 0 Å². The lowest BCUT2D eigenvalue weighted by molar-refractivity contribution is -0.147. The fourth-order valence-electron chi connectivity index (χ4n) is 0.151. The molecule has 0 rings (SSSR count). The van der Waals surface area contributed by atoms with Gasteiger partial charge in [0.15, 0.2) is 12.5 Å². The van der Waals surface area contributed by atoms with Crippen LogP contribution in [0.1, 0.15) is 27.2 Å². The molecule has 0 aromatic heterocycles. The number of carboxylic acid groups (broad SMARTS) is 1. The van der Waals surface area contributed by atoms with Gasteiger partial charge in [-0.25, -0.2) is 0 Å². The van der Waals surface area contributed by atoms with Crippen molar-refractivity contribution < 1.29 is 14.1 Å². The summed E-state index contributed by atoms with van der Waals surface area (Å²) in [6.45, 7) is 5.30. The summed E-state index contributed by atoms with van der Waals surface area (Å²) in [6, 6.07) is 0. The molecule has 1 N–H and O–H groups in total. The highest BCUT2D eigenvalue weighted by Crippen LogP contribution is 2.18. The highest BCUT2D eigenvalue weighted by atomic mass is 32.1. The van der Waals surface area contributed by atoms with Crippen LogP contribution in [0.3, 0.4) is 0 Å². The molecule has 10 heavy (non-hydrogen) atoms. The van der Waals surface area contributed by atoms with Gasteiger partial charge in [0, 0.05) is 0 Å². The Balaban J connectivity index is 0. The van der Waals surface area contributed by atoms with Crippen LogP contribution in [0.15, 0.2) is 0 Å². The van der Waals surface area contributed by atoms with E-state index in [0.29, 0.717) is 6.42 Å². The number of rotatable bonds is 2. The molecule has 60 valence electrons. The van der Waals surface area contributed by atoms with Gasteiger partial charge in [-0.3, -0.25) is 4.79 Å². The van der Waals surface area contributed by atoms with Crippen LogP contribution < -0.4 is 0 Å². The lowest BCUT2D eigenvalue weighted by atomic mass is 9.91. The lowest BCUT2D eigenvalue weighted by Gasteiger charge is -2.14. The molecule has 0 bridgehead atoms. The van der Waals surface area contributed by atoms with E-state index in [1.54, 1.807) is 13.8 Å². The molecule has 0 spiro atoms. The molecule has 0 heterocycles. The number of aliphatic carboxylic acids is 1. The quantitative estimate of drug-likeness (QED) is 0.665. The topological polar surface area (TPSA) is 54.4 Å². The first kappa shape index (κ1) is 12.2. The van der Waals surface area contributed by atoms with Crippen molar-refractivity contribution in [3.8, 4) is 0 Å². The predicted molar refractivity (Wildman–Crippen MR) is 39.9 cm³/mol. The smallest absolute Gasteiger partial charge is 0.309 e. The fraction of sp³-hybridized carbons (Fsp3) is 0.833. The summed E-state index contributed by atoms with van der Waals surface area (Å²) >= 11 is 2.83. The van der Waals surface area contributed by atoms with Gasteiger partial charge < -0.3 is 5.11 Å². The largest absolute Gasteiger partial charge is 0.481 e. The van der Waals surface area contributed by atoms with Gasteiger partial charge in [-0.15, -0.1) is 0 Å². The average molecular weight is 164 g/mol. The predicted octanol–water partition coefficient (Wildman–Crippen LogP) is 1.17. The van der Waals surface area contributed by atoms with Crippen molar-refractivity contribution in [2.24, 2.45) is 5.41 Å². The summed E-state index contributed by atoms with van der Waals surface area (Å²) in [7, 11) is 0. The normalized spacial score (nSPS) is 9.50. The summed E-state index contributed by atoms with van der Waals surface area (Å²) in [5.74, 6) is -0.722. The van der Waals surface area contributed by atoms with Gasteiger partial charge in [0.1, 0.15) is 0 Å². The number of hydrogen-bond acceptors (Lipinski definition) is 3. The zero-order chi connectivity index (χ0) is 8.78. The molecular formula is C6H12O3S. The Kier molecular flexibility index (Phi) is 6.45. The van der Waals surface area contributed by atoms with E-state index in [1.165, 1.54) is 0 Å². The lowest BCUT2D eigenvalue weighted by Crippen LogP contribution is -2.21. The molecule has 0 saturated carbocycles. The van der Waals surface area contributed by atoms with Gasteiger partial charge >= 0.3 is 5.97 Å².